The van der Waals surface area contributed by atoms with Gasteiger partial charge in [-0.25, -0.2) is 13.8 Å². The number of H-pyrrole nitrogens is 1. The summed E-state index contributed by atoms with van der Waals surface area (Å²) in [6, 6.07) is 1.72. The zero-order valence-electron chi connectivity index (χ0n) is 10.2. The van der Waals surface area contributed by atoms with Crippen LogP contribution in [0, 0.1) is 25.5 Å². The van der Waals surface area contributed by atoms with Crippen LogP contribution in [0.3, 0.4) is 0 Å². The van der Waals surface area contributed by atoms with Gasteiger partial charge in [0.25, 0.3) is 10.0 Å². The maximum atomic E-state index is 13.6. The van der Waals surface area contributed by atoms with Gasteiger partial charge in [-0.15, -0.1) is 0 Å². The number of hydrogen-bond donors (Lipinski definition) is 2. The van der Waals surface area contributed by atoms with E-state index < -0.39 is 27.3 Å². The molecule has 0 saturated heterocycles. The fourth-order valence-corrected chi connectivity index (χ4v) is 2.49. The highest BCUT2D eigenvalue weighted by Gasteiger charge is 2.19. The minimum atomic E-state index is -4.02. The molecule has 0 aliphatic rings. The molecular weight excluding hydrogens is 276 g/mol. The zero-order chi connectivity index (χ0) is 14.2. The predicted molar refractivity (Wildman–Crippen MR) is 65.2 cm³/mol. The molecule has 0 aliphatic carbocycles. The van der Waals surface area contributed by atoms with E-state index in [0.29, 0.717) is 5.82 Å². The summed E-state index contributed by atoms with van der Waals surface area (Å²) < 4.78 is 52.6. The molecule has 0 atom stereocenters. The van der Waals surface area contributed by atoms with Crippen molar-refractivity contribution in [1.82, 2.24) is 9.97 Å². The van der Waals surface area contributed by atoms with Crippen molar-refractivity contribution in [2.24, 2.45) is 0 Å². The highest BCUT2D eigenvalue weighted by molar-refractivity contribution is 7.92. The molecule has 102 valence electrons. The lowest BCUT2D eigenvalue weighted by Crippen LogP contribution is -2.14. The van der Waals surface area contributed by atoms with Crippen molar-refractivity contribution in [1.29, 1.82) is 0 Å². The van der Waals surface area contributed by atoms with Gasteiger partial charge in [-0.1, -0.05) is 0 Å². The van der Waals surface area contributed by atoms with E-state index in [1.807, 2.05) is 4.72 Å². The first-order valence-corrected chi connectivity index (χ1v) is 6.78. The molecule has 0 unspecified atom stereocenters. The van der Waals surface area contributed by atoms with E-state index in [2.05, 4.69) is 9.97 Å². The number of anilines is 1. The van der Waals surface area contributed by atoms with Crippen molar-refractivity contribution < 1.29 is 17.2 Å². The topological polar surface area (TPSA) is 74.8 Å². The molecule has 0 fully saturated rings. The number of hydrogen-bond acceptors (Lipinski definition) is 3. The summed E-state index contributed by atoms with van der Waals surface area (Å²) in [5.74, 6) is -1.14. The third-order valence-corrected chi connectivity index (χ3v) is 3.74. The Balaban J connectivity index is 2.38. The molecule has 0 bridgehead atoms. The number of aromatic nitrogens is 2. The van der Waals surface area contributed by atoms with Crippen LogP contribution in [0.5, 0.6) is 0 Å². The van der Waals surface area contributed by atoms with Crippen molar-refractivity contribution in [3.05, 3.63) is 41.4 Å². The molecule has 2 rings (SSSR count). The molecule has 8 heteroatoms. The van der Waals surface area contributed by atoms with Crippen LogP contribution < -0.4 is 4.72 Å². The highest BCUT2D eigenvalue weighted by atomic mass is 32.2. The molecule has 5 nitrogen and oxygen atoms in total. The average Bonchev–Trinajstić information content (AvgIpc) is 2.73. The first kappa shape index (κ1) is 13.5. The van der Waals surface area contributed by atoms with E-state index in [9.17, 15) is 17.2 Å². The smallest absolute Gasteiger partial charge is 0.279 e. The largest absolute Gasteiger partial charge is 0.332 e. The van der Waals surface area contributed by atoms with Crippen molar-refractivity contribution in [3.8, 4) is 0 Å². The van der Waals surface area contributed by atoms with E-state index in [4.69, 9.17) is 0 Å². The fourth-order valence-electron chi connectivity index (χ4n) is 1.46. The van der Waals surface area contributed by atoms with Crippen molar-refractivity contribution in [2.45, 2.75) is 18.9 Å². The number of nitrogens with one attached hydrogen (secondary N) is 2. The molecule has 1 aromatic heterocycles. The van der Waals surface area contributed by atoms with Crippen molar-refractivity contribution in [3.63, 3.8) is 0 Å². The summed E-state index contributed by atoms with van der Waals surface area (Å²) in [5, 5.41) is -0.217. The summed E-state index contributed by atoms with van der Waals surface area (Å²) in [4.78, 5) is 6.24. The second-order valence-corrected chi connectivity index (χ2v) is 5.67. The Bertz CT molecular complexity index is 726. The van der Waals surface area contributed by atoms with Crippen LogP contribution in [-0.4, -0.2) is 18.4 Å². The predicted octanol–water partition coefficient (Wildman–Crippen LogP) is 2.11. The number of aryl methyl sites for hydroxylation is 2. The Morgan fingerprint density at radius 3 is 2.47 bits per heavy atom. The van der Waals surface area contributed by atoms with Gasteiger partial charge in [-0.05, 0) is 25.5 Å². The Hall–Kier alpha value is -1.96. The van der Waals surface area contributed by atoms with Gasteiger partial charge in [0, 0.05) is 6.07 Å². The maximum absolute atomic E-state index is 13.6. The standard InChI is InChI=1S/C11H11F2N3O2S/c1-6-3-9(13)10(4-8(6)12)16-19(17,18)11-5-14-7(2)15-11/h3-5,16H,1-2H3,(H,14,15). The first-order chi connectivity index (χ1) is 8.79. The van der Waals surface area contributed by atoms with Crippen LogP contribution in [-0.2, 0) is 10.0 Å². The number of rotatable bonds is 3. The number of imidazole rings is 1. The molecule has 0 aliphatic heterocycles. The number of aromatic amines is 1. The quantitative estimate of drug-likeness (QED) is 0.907. The maximum Gasteiger partial charge on any atom is 0.279 e. The van der Waals surface area contributed by atoms with Gasteiger partial charge >= 0.3 is 0 Å². The Morgan fingerprint density at radius 1 is 1.21 bits per heavy atom. The Kier molecular flexibility index (Phi) is 3.27. The normalized spacial score (nSPS) is 11.6. The van der Waals surface area contributed by atoms with Crippen molar-refractivity contribution >= 4 is 15.7 Å². The van der Waals surface area contributed by atoms with Gasteiger partial charge in [-0.2, -0.15) is 8.42 Å². The molecule has 19 heavy (non-hydrogen) atoms. The van der Waals surface area contributed by atoms with Crippen LogP contribution in [0.2, 0.25) is 0 Å². The van der Waals surface area contributed by atoms with Crippen LogP contribution in [0.25, 0.3) is 0 Å². The van der Waals surface area contributed by atoms with Crippen LogP contribution in [0.1, 0.15) is 11.4 Å². The van der Waals surface area contributed by atoms with Gasteiger partial charge in [0.15, 0.2) is 5.03 Å². The highest BCUT2D eigenvalue weighted by Crippen LogP contribution is 2.21. The van der Waals surface area contributed by atoms with E-state index in [-0.39, 0.29) is 10.6 Å². The van der Waals surface area contributed by atoms with E-state index in [0.717, 1.165) is 18.3 Å². The fraction of sp³-hybridized carbons (Fsp3) is 0.182. The lowest BCUT2D eigenvalue weighted by atomic mass is 10.2. The lowest BCUT2D eigenvalue weighted by molar-refractivity contribution is 0.589. The number of benzene rings is 1. The molecule has 0 amide bonds. The van der Waals surface area contributed by atoms with Gasteiger partial charge in [0.1, 0.15) is 17.5 Å². The minimum absolute atomic E-state index is 0.0952. The lowest BCUT2D eigenvalue weighted by Gasteiger charge is -2.08. The summed E-state index contributed by atoms with van der Waals surface area (Å²) in [7, 11) is -4.02. The second-order valence-electron chi connectivity index (χ2n) is 4.02. The van der Waals surface area contributed by atoms with E-state index in [1.54, 1.807) is 6.92 Å². The van der Waals surface area contributed by atoms with Crippen LogP contribution in [0.4, 0.5) is 14.5 Å². The monoisotopic (exact) mass is 287 g/mol. The molecule has 0 saturated carbocycles. The number of halogens is 2. The van der Waals surface area contributed by atoms with Gasteiger partial charge in [-0.3, -0.25) is 4.72 Å². The van der Waals surface area contributed by atoms with E-state index >= 15 is 0 Å². The SMILES string of the molecule is Cc1ncc(S(=O)(=O)Nc2cc(F)c(C)cc2F)[nH]1. The molecular formula is C11H11F2N3O2S. The van der Waals surface area contributed by atoms with Gasteiger partial charge < -0.3 is 4.98 Å². The summed E-state index contributed by atoms with van der Waals surface area (Å²) in [5.41, 5.74) is -0.354. The van der Waals surface area contributed by atoms with Crippen LogP contribution in [0.15, 0.2) is 23.4 Å². The van der Waals surface area contributed by atoms with Gasteiger partial charge in [0.2, 0.25) is 0 Å². The molecule has 1 aromatic carbocycles. The van der Waals surface area contributed by atoms with E-state index in [1.165, 1.54) is 6.92 Å². The number of sulfonamides is 1. The number of nitrogens with zero attached hydrogens (tertiary/aromatic N) is 1. The third kappa shape index (κ3) is 2.73. The molecule has 0 spiro atoms. The van der Waals surface area contributed by atoms with Crippen molar-refractivity contribution in [2.75, 3.05) is 4.72 Å². The molecule has 0 radical (unpaired) electrons. The third-order valence-electron chi connectivity index (χ3n) is 2.46. The second kappa shape index (κ2) is 4.61. The minimum Gasteiger partial charge on any atom is -0.332 e. The van der Waals surface area contributed by atoms with Gasteiger partial charge in [0.05, 0.1) is 11.9 Å². The summed E-state index contributed by atoms with van der Waals surface area (Å²) in [6.45, 7) is 2.96. The molecule has 2 N–H and O–H groups in total. The van der Waals surface area contributed by atoms with Crippen LogP contribution >= 0.6 is 0 Å². The molecule has 1 heterocycles. The Labute approximate surface area is 108 Å². The molecule has 2 aromatic rings. The first-order valence-electron chi connectivity index (χ1n) is 5.29. The zero-order valence-corrected chi connectivity index (χ0v) is 11.0. The Morgan fingerprint density at radius 2 is 1.89 bits per heavy atom. The summed E-state index contributed by atoms with van der Waals surface area (Å²) in [6.07, 6.45) is 1.10. The average molecular weight is 287 g/mol. The summed E-state index contributed by atoms with van der Waals surface area (Å²) >= 11 is 0.